The molecule has 6 rings (SSSR count). The molecule has 0 bridgehead atoms. The number of aromatic carboxylic acids is 1. The van der Waals surface area contributed by atoms with E-state index in [2.05, 4.69) is 15.3 Å². The number of carbonyl (C=O) groups is 1. The Balaban J connectivity index is 1.19. The van der Waals surface area contributed by atoms with Gasteiger partial charge in [0.25, 0.3) is 0 Å². The van der Waals surface area contributed by atoms with Crippen LogP contribution in [0.25, 0.3) is 11.3 Å². The van der Waals surface area contributed by atoms with Gasteiger partial charge in [0.1, 0.15) is 29.5 Å². The molecule has 1 N–H and O–H groups in total. The van der Waals surface area contributed by atoms with Gasteiger partial charge in [-0.2, -0.15) is 0 Å². The van der Waals surface area contributed by atoms with Crippen LogP contribution in [-0.4, -0.2) is 26.9 Å². The minimum atomic E-state index is -1.04. The lowest BCUT2D eigenvalue weighted by Gasteiger charge is -2.13. The lowest BCUT2D eigenvalue weighted by Crippen LogP contribution is -2.06. The number of oxime groups is 1. The topological polar surface area (TPSA) is 107 Å². The molecule has 2 aromatic carbocycles. The fourth-order valence-electron chi connectivity index (χ4n) is 4.48. The second kappa shape index (κ2) is 10.5. The summed E-state index contributed by atoms with van der Waals surface area (Å²) in [4.78, 5) is 21.1. The van der Waals surface area contributed by atoms with Crippen molar-refractivity contribution >= 4 is 46.5 Å². The van der Waals surface area contributed by atoms with Crippen LogP contribution >= 0.6 is 34.8 Å². The zero-order valence-electron chi connectivity index (χ0n) is 20.2. The van der Waals surface area contributed by atoms with Crippen molar-refractivity contribution in [1.29, 1.82) is 0 Å². The van der Waals surface area contributed by atoms with Gasteiger partial charge in [-0.15, -0.1) is 0 Å². The summed E-state index contributed by atoms with van der Waals surface area (Å²) in [6.07, 6.45) is 3.44. The van der Waals surface area contributed by atoms with Crippen molar-refractivity contribution in [2.75, 3.05) is 0 Å². The highest BCUT2D eigenvalue weighted by Crippen LogP contribution is 2.46. The largest absolute Gasteiger partial charge is 0.489 e. The van der Waals surface area contributed by atoms with E-state index >= 15 is 0 Å². The molecule has 1 aliphatic carbocycles. The number of carboxylic acids is 1. The molecule has 0 radical (unpaired) electrons. The van der Waals surface area contributed by atoms with Gasteiger partial charge in [0.15, 0.2) is 6.10 Å². The maximum atomic E-state index is 11.3. The number of hydrogen-bond acceptors (Lipinski definition) is 7. The summed E-state index contributed by atoms with van der Waals surface area (Å²) < 4.78 is 11.8. The van der Waals surface area contributed by atoms with Crippen molar-refractivity contribution in [2.45, 2.75) is 37.9 Å². The maximum absolute atomic E-state index is 11.3. The molecule has 1 atom stereocenters. The molecule has 3 heterocycles. The van der Waals surface area contributed by atoms with E-state index in [4.69, 9.17) is 48.9 Å². The summed E-state index contributed by atoms with van der Waals surface area (Å²) >= 11 is 19.5. The Bertz CT molecular complexity index is 1600. The fraction of sp³-hybridized carbons (Fsp3) is 0.214. The lowest BCUT2D eigenvalue weighted by atomic mass is 10.0. The summed E-state index contributed by atoms with van der Waals surface area (Å²) in [5, 5.41) is 19.1. The minimum absolute atomic E-state index is 0.128. The number of ether oxygens (including phenoxy) is 1. The van der Waals surface area contributed by atoms with Crippen LogP contribution in [0, 0.1) is 0 Å². The first kappa shape index (κ1) is 25.7. The summed E-state index contributed by atoms with van der Waals surface area (Å²) in [7, 11) is 0. The standard InChI is InChI=1S/C28H20Cl3N3O5/c29-19-2-1-3-20(30)25(19)26-18(27(39-34-26)14-4-5-14)13-37-16-6-7-17(21(31)11-16)24-12-23(33-38-24)22-10-15(28(35)36)8-9-32-22/h1-3,6-11,14,24H,4-5,12-13H2,(H,35,36). The first-order chi connectivity index (χ1) is 18.9. The van der Waals surface area contributed by atoms with Crippen LogP contribution in [0.2, 0.25) is 15.1 Å². The Morgan fingerprint density at radius 2 is 1.85 bits per heavy atom. The molecule has 1 fully saturated rings. The predicted octanol–water partition coefficient (Wildman–Crippen LogP) is 7.72. The van der Waals surface area contributed by atoms with E-state index < -0.39 is 12.1 Å². The van der Waals surface area contributed by atoms with E-state index in [0.717, 1.165) is 29.7 Å². The van der Waals surface area contributed by atoms with Gasteiger partial charge in [-0.25, -0.2) is 4.79 Å². The van der Waals surface area contributed by atoms with E-state index in [-0.39, 0.29) is 12.2 Å². The molecule has 0 saturated heterocycles. The zero-order valence-corrected chi connectivity index (χ0v) is 22.5. The average molecular weight is 585 g/mol. The quantitative estimate of drug-likeness (QED) is 0.226. The second-order valence-electron chi connectivity index (χ2n) is 9.29. The van der Waals surface area contributed by atoms with E-state index in [1.165, 1.54) is 18.3 Å². The fourth-order valence-corrected chi connectivity index (χ4v) is 5.35. The Labute approximate surface area is 238 Å². The molecule has 2 aromatic heterocycles. The molecule has 2 aliphatic rings. The molecule has 1 unspecified atom stereocenters. The van der Waals surface area contributed by atoms with Crippen LogP contribution in [-0.2, 0) is 11.4 Å². The molecule has 11 heteroatoms. The third-order valence-corrected chi connectivity index (χ3v) is 7.60. The van der Waals surface area contributed by atoms with Crippen molar-refractivity contribution in [3.8, 4) is 17.0 Å². The number of carboxylic acid groups (broad SMARTS) is 1. The SMILES string of the molecule is O=C(O)c1ccnc(C2=NOC(c3ccc(OCc4c(-c5c(Cl)cccc5Cl)noc4C4CC4)cc3Cl)C2)c1. The van der Waals surface area contributed by atoms with Crippen molar-refractivity contribution < 1.29 is 24.0 Å². The highest BCUT2D eigenvalue weighted by molar-refractivity contribution is 6.39. The molecule has 198 valence electrons. The van der Waals surface area contributed by atoms with Gasteiger partial charge < -0.3 is 19.2 Å². The molecule has 4 aromatic rings. The molecule has 1 saturated carbocycles. The van der Waals surface area contributed by atoms with Gasteiger partial charge in [0.2, 0.25) is 0 Å². The average Bonchev–Trinajstić information content (AvgIpc) is 3.50. The van der Waals surface area contributed by atoms with Gasteiger partial charge >= 0.3 is 5.97 Å². The normalized spacial score (nSPS) is 16.6. The van der Waals surface area contributed by atoms with E-state index in [1.54, 1.807) is 30.3 Å². The highest BCUT2D eigenvalue weighted by atomic mass is 35.5. The Morgan fingerprint density at radius 1 is 1.05 bits per heavy atom. The Kier molecular flexibility index (Phi) is 6.93. The Hall–Kier alpha value is -3.59. The number of pyridine rings is 1. The highest BCUT2D eigenvalue weighted by Gasteiger charge is 2.34. The van der Waals surface area contributed by atoms with Crippen LogP contribution in [0.1, 0.15) is 64.2 Å². The van der Waals surface area contributed by atoms with Crippen LogP contribution in [0.3, 0.4) is 0 Å². The smallest absolute Gasteiger partial charge is 0.335 e. The molecular weight excluding hydrogens is 565 g/mol. The lowest BCUT2D eigenvalue weighted by molar-refractivity contribution is 0.0696. The minimum Gasteiger partial charge on any atom is -0.489 e. The first-order valence-corrected chi connectivity index (χ1v) is 13.3. The van der Waals surface area contributed by atoms with Gasteiger partial charge in [0.05, 0.1) is 31.9 Å². The van der Waals surface area contributed by atoms with Gasteiger partial charge in [0, 0.05) is 29.7 Å². The van der Waals surface area contributed by atoms with E-state index in [9.17, 15) is 9.90 Å². The van der Waals surface area contributed by atoms with Gasteiger partial charge in [-0.1, -0.05) is 57.2 Å². The number of nitrogens with zero attached hydrogens (tertiary/aromatic N) is 3. The summed E-state index contributed by atoms with van der Waals surface area (Å²) in [6, 6.07) is 13.5. The third kappa shape index (κ3) is 5.20. The Morgan fingerprint density at radius 3 is 2.56 bits per heavy atom. The molecule has 0 amide bonds. The summed E-state index contributed by atoms with van der Waals surface area (Å²) in [6.45, 7) is 0.195. The number of rotatable bonds is 8. The molecule has 1 aliphatic heterocycles. The van der Waals surface area contributed by atoms with Crippen molar-refractivity contribution in [3.05, 3.63) is 97.9 Å². The predicted molar refractivity (Wildman–Crippen MR) is 146 cm³/mol. The number of aromatic nitrogens is 2. The van der Waals surface area contributed by atoms with E-state index in [0.29, 0.717) is 55.8 Å². The zero-order chi connectivity index (χ0) is 27.1. The van der Waals surface area contributed by atoms with Gasteiger partial charge in [-0.05, 0) is 49.2 Å². The monoisotopic (exact) mass is 583 g/mol. The van der Waals surface area contributed by atoms with Crippen LogP contribution < -0.4 is 4.74 Å². The number of benzene rings is 2. The van der Waals surface area contributed by atoms with Crippen molar-refractivity contribution in [3.63, 3.8) is 0 Å². The molecule has 0 spiro atoms. The molecule has 39 heavy (non-hydrogen) atoms. The van der Waals surface area contributed by atoms with Crippen LogP contribution in [0.15, 0.2) is 64.4 Å². The maximum Gasteiger partial charge on any atom is 0.335 e. The van der Waals surface area contributed by atoms with Crippen molar-refractivity contribution in [1.82, 2.24) is 10.1 Å². The third-order valence-electron chi connectivity index (χ3n) is 6.64. The van der Waals surface area contributed by atoms with E-state index in [1.807, 2.05) is 6.07 Å². The summed E-state index contributed by atoms with van der Waals surface area (Å²) in [5.74, 6) is 0.605. The molecular formula is C28H20Cl3N3O5. The van der Waals surface area contributed by atoms with Crippen LogP contribution in [0.4, 0.5) is 0 Å². The van der Waals surface area contributed by atoms with Crippen molar-refractivity contribution in [2.24, 2.45) is 5.16 Å². The first-order valence-electron chi connectivity index (χ1n) is 12.2. The number of halogens is 3. The summed E-state index contributed by atoms with van der Waals surface area (Å²) in [5.41, 5.74) is 3.84. The van der Waals surface area contributed by atoms with Crippen LogP contribution in [0.5, 0.6) is 5.75 Å². The van der Waals surface area contributed by atoms with Gasteiger partial charge in [-0.3, -0.25) is 4.98 Å². The molecule has 8 nitrogen and oxygen atoms in total. The second-order valence-corrected chi connectivity index (χ2v) is 10.5. The number of hydrogen-bond donors (Lipinski definition) is 1.